The molecule has 0 aliphatic carbocycles. The molecule has 1 saturated heterocycles. The van der Waals surface area contributed by atoms with Gasteiger partial charge in [0.2, 0.25) is 5.91 Å². The van der Waals surface area contributed by atoms with Gasteiger partial charge in [0.05, 0.1) is 5.54 Å². The number of carbonyl (C=O) groups is 1. The summed E-state index contributed by atoms with van der Waals surface area (Å²) in [5.41, 5.74) is 5.03. The van der Waals surface area contributed by atoms with Gasteiger partial charge in [-0.1, -0.05) is 6.08 Å². The molecule has 4 heteroatoms. The molecule has 1 amide bonds. The number of likely N-dealkylation sites (tertiary alicyclic amines) is 1. The van der Waals surface area contributed by atoms with Gasteiger partial charge in [0, 0.05) is 13.1 Å². The molecule has 0 atom stereocenters. The van der Waals surface area contributed by atoms with Gasteiger partial charge in [-0.15, -0.1) is 19.0 Å². The highest BCUT2D eigenvalue weighted by Crippen LogP contribution is 2.19. The highest BCUT2D eigenvalue weighted by molar-refractivity contribution is 5.85. The SMILES string of the molecule is C=CC1CCN(C(=O)C(C)(C)N)CC1.Cl. The van der Waals surface area contributed by atoms with Crippen LogP contribution in [0.2, 0.25) is 0 Å². The Bertz CT molecular complexity index is 227. The Hall–Kier alpha value is -0.540. The van der Waals surface area contributed by atoms with Crippen molar-refractivity contribution in [2.75, 3.05) is 13.1 Å². The van der Waals surface area contributed by atoms with E-state index < -0.39 is 5.54 Å². The molecule has 1 aliphatic rings. The Morgan fingerprint density at radius 1 is 1.47 bits per heavy atom. The van der Waals surface area contributed by atoms with Crippen molar-refractivity contribution in [2.24, 2.45) is 11.7 Å². The molecule has 15 heavy (non-hydrogen) atoms. The van der Waals surface area contributed by atoms with Crippen molar-refractivity contribution < 1.29 is 4.79 Å². The normalized spacial score (nSPS) is 18.2. The summed E-state index contributed by atoms with van der Waals surface area (Å²) in [7, 11) is 0. The van der Waals surface area contributed by atoms with Crippen LogP contribution in [0.3, 0.4) is 0 Å². The molecule has 88 valence electrons. The predicted octanol–water partition coefficient (Wildman–Crippen LogP) is 1.57. The minimum Gasteiger partial charge on any atom is -0.341 e. The first-order chi connectivity index (χ1) is 6.45. The first-order valence-corrected chi connectivity index (χ1v) is 5.16. The van der Waals surface area contributed by atoms with E-state index in [4.69, 9.17) is 5.73 Å². The lowest BCUT2D eigenvalue weighted by Gasteiger charge is -2.34. The third kappa shape index (κ3) is 3.84. The zero-order chi connectivity index (χ0) is 10.8. The minimum absolute atomic E-state index is 0. The van der Waals surface area contributed by atoms with Crippen LogP contribution >= 0.6 is 12.4 Å². The van der Waals surface area contributed by atoms with Crippen LogP contribution in [0.1, 0.15) is 26.7 Å². The van der Waals surface area contributed by atoms with Gasteiger partial charge in [-0.2, -0.15) is 0 Å². The quantitative estimate of drug-likeness (QED) is 0.735. The highest BCUT2D eigenvalue weighted by atomic mass is 35.5. The van der Waals surface area contributed by atoms with E-state index in [1.807, 2.05) is 11.0 Å². The summed E-state index contributed by atoms with van der Waals surface area (Å²) in [4.78, 5) is 13.7. The van der Waals surface area contributed by atoms with E-state index in [0.29, 0.717) is 5.92 Å². The Labute approximate surface area is 98.1 Å². The number of allylic oxidation sites excluding steroid dienone is 1. The molecule has 1 fully saturated rings. The molecule has 0 spiro atoms. The fourth-order valence-electron chi connectivity index (χ4n) is 1.75. The summed E-state index contributed by atoms with van der Waals surface area (Å²) in [6.07, 6.45) is 4.02. The Kier molecular flexibility index (Phi) is 5.32. The van der Waals surface area contributed by atoms with Crippen LogP contribution in [0.4, 0.5) is 0 Å². The zero-order valence-electron chi connectivity index (χ0n) is 9.53. The van der Waals surface area contributed by atoms with Gasteiger partial charge in [0.1, 0.15) is 0 Å². The summed E-state index contributed by atoms with van der Waals surface area (Å²) in [6, 6.07) is 0. The van der Waals surface area contributed by atoms with Crippen LogP contribution in [0, 0.1) is 5.92 Å². The van der Waals surface area contributed by atoms with Gasteiger partial charge >= 0.3 is 0 Å². The van der Waals surface area contributed by atoms with Crippen molar-refractivity contribution in [1.82, 2.24) is 4.90 Å². The average Bonchev–Trinajstić information content (AvgIpc) is 2.15. The first-order valence-electron chi connectivity index (χ1n) is 5.16. The molecule has 0 aromatic carbocycles. The molecule has 1 aliphatic heterocycles. The number of nitrogens with zero attached hydrogens (tertiary/aromatic N) is 1. The van der Waals surface area contributed by atoms with Crippen molar-refractivity contribution in [1.29, 1.82) is 0 Å². The summed E-state index contributed by atoms with van der Waals surface area (Å²) in [5.74, 6) is 0.625. The molecule has 2 N–H and O–H groups in total. The summed E-state index contributed by atoms with van der Waals surface area (Å²) >= 11 is 0. The molecule has 0 radical (unpaired) electrons. The maximum absolute atomic E-state index is 11.8. The van der Waals surface area contributed by atoms with Crippen LogP contribution in [-0.2, 0) is 4.79 Å². The van der Waals surface area contributed by atoms with E-state index in [9.17, 15) is 4.79 Å². The monoisotopic (exact) mass is 232 g/mol. The molecule has 1 rings (SSSR count). The van der Waals surface area contributed by atoms with Gasteiger partial charge in [0.25, 0.3) is 0 Å². The maximum atomic E-state index is 11.8. The lowest BCUT2D eigenvalue weighted by molar-refractivity contribution is -0.137. The van der Waals surface area contributed by atoms with E-state index in [1.54, 1.807) is 13.8 Å². The highest BCUT2D eigenvalue weighted by Gasteiger charge is 2.29. The van der Waals surface area contributed by atoms with Crippen molar-refractivity contribution >= 4 is 18.3 Å². The summed E-state index contributed by atoms with van der Waals surface area (Å²) in [5, 5.41) is 0. The third-order valence-electron chi connectivity index (χ3n) is 2.71. The number of rotatable bonds is 2. The molecule has 0 unspecified atom stereocenters. The van der Waals surface area contributed by atoms with E-state index in [0.717, 1.165) is 25.9 Å². The summed E-state index contributed by atoms with van der Waals surface area (Å²) < 4.78 is 0. The number of hydrogen-bond donors (Lipinski definition) is 1. The molecule has 0 saturated carbocycles. The molecular formula is C11H21ClN2O. The van der Waals surface area contributed by atoms with Crippen molar-refractivity contribution in [3.63, 3.8) is 0 Å². The second kappa shape index (κ2) is 5.52. The number of amides is 1. The van der Waals surface area contributed by atoms with Gasteiger partial charge in [-0.25, -0.2) is 0 Å². The fourth-order valence-corrected chi connectivity index (χ4v) is 1.75. The minimum atomic E-state index is -0.735. The van der Waals surface area contributed by atoms with Crippen LogP contribution in [0.5, 0.6) is 0 Å². The zero-order valence-corrected chi connectivity index (χ0v) is 10.3. The van der Waals surface area contributed by atoms with Crippen LogP contribution < -0.4 is 5.73 Å². The lowest BCUT2D eigenvalue weighted by Crippen LogP contribution is -2.53. The van der Waals surface area contributed by atoms with E-state index >= 15 is 0 Å². The van der Waals surface area contributed by atoms with E-state index in [-0.39, 0.29) is 18.3 Å². The van der Waals surface area contributed by atoms with Crippen molar-refractivity contribution in [3.05, 3.63) is 12.7 Å². The van der Waals surface area contributed by atoms with Gasteiger partial charge in [-0.05, 0) is 32.6 Å². The molecule has 1 heterocycles. The van der Waals surface area contributed by atoms with Crippen LogP contribution in [-0.4, -0.2) is 29.4 Å². The second-order valence-corrected chi connectivity index (χ2v) is 4.59. The van der Waals surface area contributed by atoms with E-state index in [1.165, 1.54) is 0 Å². The average molecular weight is 233 g/mol. The topological polar surface area (TPSA) is 46.3 Å². The van der Waals surface area contributed by atoms with Crippen LogP contribution in [0.25, 0.3) is 0 Å². The predicted molar refractivity (Wildman–Crippen MR) is 65.0 cm³/mol. The molecule has 3 nitrogen and oxygen atoms in total. The largest absolute Gasteiger partial charge is 0.341 e. The molecular weight excluding hydrogens is 212 g/mol. The number of nitrogens with two attached hydrogens (primary N) is 1. The number of halogens is 1. The molecule has 0 aromatic heterocycles. The number of hydrogen-bond acceptors (Lipinski definition) is 2. The molecule has 0 aromatic rings. The van der Waals surface area contributed by atoms with Crippen molar-refractivity contribution in [3.8, 4) is 0 Å². The van der Waals surface area contributed by atoms with Gasteiger partial charge in [0.15, 0.2) is 0 Å². The Morgan fingerprint density at radius 2 is 1.93 bits per heavy atom. The Morgan fingerprint density at radius 3 is 2.27 bits per heavy atom. The van der Waals surface area contributed by atoms with Gasteiger partial charge < -0.3 is 10.6 Å². The van der Waals surface area contributed by atoms with Crippen LogP contribution in [0.15, 0.2) is 12.7 Å². The first kappa shape index (κ1) is 14.5. The smallest absolute Gasteiger partial charge is 0.242 e. The fraction of sp³-hybridized carbons (Fsp3) is 0.727. The standard InChI is InChI=1S/C11H20N2O.ClH/c1-4-9-5-7-13(8-6-9)10(14)11(2,3)12;/h4,9H,1,5-8,12H2,2-3H3;1H. The summed E-state index contributed by atoms with van der Waals surface area (Å²) in [6.45, 7) is 8.92. The lowest BCUT2D eigenvalue weighted by atomic mass is 9.95. The van der Waals surface area contributed by atoms with Gasteiger partial charge in [-0.3, -0.25) is 4.79 Å². The molecule has 0 bridgehead atoms. The number of piperidine rings is 1. The van der Waals surface area contributed by atoms with Crippen molar-refractivity contribution in [2.45, 2.75) is 32.2 Å². The second-order valence-electron chi connectivity index (χ2n) is 4.59. The Balaban J connectivity index is 0.00000196. The maximum Gasteiger partial charge on any atom is 0.242 e. The number of carbonyl (C=O) groups excluding carboxylic acids is 1. The van der Waals surface area contributed by atoms with E-state index in [2.05, 4.69) is 6.58 Å². The third-order valence-corrected chi connectivity index (χ3v) is 2.71.